The largest absolute Gasteiger partial charge is 0.376 e. The molecule has 0 spiro atoms. The molecule has 2 heterocycles. The lowest BCUT2D eigenvalue weighted by Gasteiger charge is -2.30. The van der Waals surface area contributed by atoms with Crippen molar-refractivity contribution in [1.82, 2.24) is 5.32 Å². The molecule has 1 aromatic rings. The molecule has 1 fully saturated rings. The van der Waals surface area contributed by atoms with E-state index < -0.39 is 10.0 Å². The summed E-state index contributed by atoms with van der Waals surface area (Å²) in [5.74, 6) is -0.0560. The molecule has 24 heavy (non-hydrogen) atoms. The van der Waals surface area contributed by atoms with Crippen LogP contribution < -0.4 is 9.62 Å². The molecule has 7 heteroatoms. The number of benzene rings is 1. The van der Waals surface area contributed by atoms with Crippen LogP contribution in [0.4, 0.5) is 5.69 Å². The van der Waals surface area contributed by atoms with E-state index in [0.29, 0.717) is 24.3 Å². The molecule has 0 aliphatic carbocycles. The van der Waals surface area contributed by atoms with Crippen molar-refractivity contribution >= 4 is 21.6 Å². The lowest BCUT2D eigenvalue weighted by atomic mass is 10.0. The standard InChI is InChI=1S/C17H24N2O4S/c1-2-24(21,22)19-9-3-5-13-11-14(7-8-16(13)19)17(20)18-12-15-6-4-10-23-15/h7-8,11,15H,2-6,9-10,12H2,1H3,(H,18,20)/t15-/m1/s1. The predicted molar refractivity (Wildman–Crippen MR) is 92.9 cm³/mol. The summed E-state index contributed by atoms with van der Waals surface area (Å²) in [4.78, 5) is 12.3. The van der Waals surface area contributed by atoms with Crippen molar-refractivity contribution in [2.45, 2.75) is 38.7 Å². The summed E-state index contributed by atoms with van der Waals surface area (Å²) in [5.41, 5.74) is 2.20. The molecule has 6 nitrogen and oxygen atoms in total. The van der Waals surface area contributed by atoms with Gasteiger partial charge in [0.2, 0.25) is 10.0 Å². The molecule has 0 bridgehead atoms. The van der Waals surface area contributed by atoms with Crippen LogP contribution in [0, 0.1) is 0 Å². The zero-order valence-electron chi connectivity index (χ0n) is 14.0. The number of carbonyl (C=O) groups excluding carboxylic acids is 1. The summed E-state index contributed by atoms with van der Waals surface area (Å²) < 4.78 is 31.4. The molecule has 0 radical (unpaired) electrons. The second kappa shape index (κ2) is 7.11. The van der Waals surface area contributed by atoms with E-state index in [1.165, 1.54) is 4.31 Å². The third kappa shape index (κ3) is 3.57. The Morgan fingerprint density at radius 1 is 1.38 bits per heavy atom. The highest BCUT2D eigenvalue weighted by atomic mass is 32.2. The highest BCUT2D eigenvalue weighted by Crippen LogP contribution is 2.30. The maximum Gasteiger partial charge on any atom is 0.251 e. The Bertz CT molecular complexity index is 711. The number of nitrogens with zero attached hydrogens (tertiary/aromatic N) is 1. The number of ether oxygens (including phenoxy) is 1. The Labute approximate surface area is 143 Å². The maximum absolute atomic E-state index is 12.3. The highest BCUT2D eigenvalue weighted by Gasteiger charge is 2.26. The van der Waals surface area contributed by atoms with Crippen LogP contribution in [0.2, 0.25) is 0 Å². The van der Waals surface area contributed by atoms with E-state index in [2.05, 4.69) is 5.32 Å². The molecule has 0 saturated carbocycles. The van der Waals surface area contributed by atoms with Gasteiger partial charge in [0.15, 0.2) is 0 Å². The molecular formula is C17H24N2O4S. The van der Waals surface area contributed by atoms with Gasteiger partial charge < -0.3 is 10.1 Å². The van der Waals surface area contributed by atoms with E-state index in [4.69, 9.17) is 4.74 Å². The molecule has 0 aromatic heterocycles. The van der Waals surface area contributed by atoms with Crippen LogP contribution in [0.3, 0.4) is 0 Å². The average molecular weight is 352 g/mol. The van der Waals surface area contributed by atoms with Gasteiger partial charge >= 0.3 is 0 Å². The first-order valence-electron chi connectivity index (χ1n) is 8.54. The number of rotatable bonds is 5. The fourth-order valence-electron chi connectivity index (χ4n) is 3.26. The minimum absolute atomic E-state index is 0.0794. The van der Waals surface area contributed by atoms with Crippen molar-refractivity contribution in [1.29, 1.82) is 0 Å². The highest BCUT2D eigenvalue weighted by molar-refractivity contribution is 7.92. The summed E-state index contributed by atoms with van der Waals surface area (Å²) >= 11 is 0. The molecule has 1 atom stereocenters. The molecule has 1 aromatic carbocycles. The minimum Gasteiger partial charge on any atom is -0.376 e. The number of carbonyl (C=O) groups is 1. The van der Waals surface area contributed by atoms with Crippen LogP contribution in [0.15, 0.2) is 18.2 Å². The minimum atomic E-state index is -3.27. The number of fused-ring (bicyclic) bond motifs is 1. The van der Waals surface area contributed by atoms with Gasteiger partial charge in [0.05, 0.1) is 17.5 Å². The first kappa shape index (κ1) is 17.2. The van der Waals surface area contributed by atoms with Gasteiger partial charge in [0, 0.05) is 25.3 Å². The Kier molecular flexibility index (Phi) is 5.10. The quantitative estimate of drug-likeness (QED) is 0.875. The van der Waals surface area contributed by atoms with E-state index in [1.807, 2.05) is 6.07 Å². The smallest absolute Gasteiger partial charge is 0.251 e. The number of aryl methyl sites for hydroxylation is 1. The summed E-state index contributed by atoms with van der Waals surface area (Å²) in [7, 11) is -3.27. The normalized spacial score (nSPS) is 20.7. The van der Waals surface area contributed by atoms with Gasteiger partial charge in [-0.1, -0.05) is 0 Å². The Morgan fingerprint density at radius 2 is 2.21 bits per heavy atom. The molecular weight excluding hydrogens is 328 g/mol. The summed E-state index contributed by atoms with van der Waals surface area (Å²) in [6, 6.07) is 5.27. The number of anilines is 1. The molecule has 0 unspecified atom stereocenters. The SMILES string of the molecule is CCS(=O)(=O)N1CCCc2cc(C(=O)NC[C@H]3CCCO3)ccc21. The van der Waals surface area contributed by atoms with Gasteiger partial charge in [-0.05, 0) is 56.4 Å². The van der Waals surface area contributed by atoms with Crippen molar-refractivity contribution in [3.63, 3.8) is 0 Å². The monoisotopic (exact) mass is 352 g/mol. The van der Waals surface area contributed by atoms with E-state index in [9.17, 15) is 13.2 Å². The molecule has 132 valence electrons. The van der Waals surface area contributed by atoms with E-state index in [1.54, 1.807) is 19.1 Å². The average Bonchev–Trinajstić information content (AvgIpc) is 3.12. The van der Waals surface area contributed by atoms with E-state index in [-0.39, 0.29) is 17.8 Å². The van der Waals surface area contributed by atoms with E-state index in [0.717, 1.165) is 37.9 Å². The summed E-state index contributed by atoms with van der Waals surface area (Å²) in [5, 5.41) is 2.90. The summed E-state index contributed by atoms with van der Waals surface area (Å²) in [6.07, 6.45) is 3.69. The zero-order valence-corrected chi connectivity index (χ0v) is 14.8. The topological polar surface area (TPSA) is 75.7 Å². The second-order valence-corrected chi connectivity index (χ2v) is 8.45. The molecule has 3 rings (SSSR count). The Balaban J connectivity index is 1.74. The molecule has 2 aliphatic rings. The van der Waals surface area contributed by atoms with Crippen LogP contribution in [-0.2, 0) is 21.2 Å². The molecule has 1 saturated heterocycles. The first-order valence-corrected chi connectivity index (χ1v) is 10.2. The van der Waals surface area contributed by atoms with Gasteiger partial charge in [-0.2, -0.15) is 0 Å². The van der Waals surface area contributed by atoms with Gasteiger partial charge in [-0.15, -0.1) is 0 Å². The first-order chi connectivity index (χ1) is 11.5. The fourth-order valence-corrected chi connectivity index (χ4v) is 4.46. The molecule has 1 amide bonds. The van der Waals surface area contributed by atoms with Gasteiger partial charge in [-0.3, -0.25) is 9.10 Å². The van der Waals surface area contributed by atoms with E-state index >= 15 is 0 Å². The zero-order chi connectivity index (χ0) is 17.2. The van der Waals surface area contributed by atoms with Crippen molar-refractivity contribution in [3.05, 3.63) is 29.3 Å². The van der Waals surface area contributed by atoms with Crippen molar-refractivity contribution in [2.24, 2.45) is 0 Å². The number of nitrogens with one attached hydrogen (secondary N) is 1. The molecule has 2 aliphatic heterocycles. The van der Waals surface area contributed by atoms with Gasteiger partial charge in [-0.25, -0.2) is 8.42 Å². The Morgan fingerprint density at radius 3 is 2.92 bits per heavy atom. The second-order valence-electron chi connectivity index (χ2n) is 6.26. The lowest BCUT2D eigenvalue weighted by molar-refractivity contribution is 0.0857. The number of sulfonamides is 1. The number of hydrogen-bond donors (Lipinski definition) is 1. The maximum atomic E-state index is 12.3. The van der Waals surface area contributed by atoms with Crippen LogP contribution >= 0.6 is 0 Å². The third-order valence-electron chi connectivity index (χ3n) is 4.63. The van der Waals surface area contributed by atoms with Crippen LogP contribution in [0.5, 0.6) is 0 Å². The van der Waals surface area contributed by atoms with Crippen molar-refractivity contribution in [2.75, 3.05) is 29.8 Å². The van der Waals surface area contributed by atoms with Gasteiger partial charge in [0.1, 0.15) is 0 Å². The number of amides is 1. The van der Waals surface area contributed by atoms with Gasteiger partial charge in [0.25, 0.3) is 5.91 Å². The predicted octanol–water partition coefficient (Wildman–Crippen LogP) is 1.70. The van der Waals surface area contributed by atoms with Crippen molar-refractivity contribution in [3.8, 4) is 0 Å². The molecule has 1 N–H and O–H groups in total. The number of hydrogen-bond acceptors (Lipinski definition) is 4. The third-order valence-corrected chi connectivity index (χ3v) is 6.41. The van der Waals surface area contributed by atoms with Crippen LogP contribution in [0.25, 0.3) is 0 Å². The van der Waals surface area contributed by atoms with Crippen LogP contribution in [-0.4, -0.2) is 45.9 Å². The fraction of sp³-hybridized carbons (Fsp3) is 0.588. The lowest BCUT2D eigenvalue weighted by Crippen LogP contribution is -2.37. The Hall–Kier alpha value is -1.60. The van der Waals surface area contributed by atoms with Crippen molar-refractivity contribution < 1.29 is 17.9 Å². The van der Waals surface area contributed by atoms with Crippen LogP contribution in [0.1, 0.15) is 42.1 Å². The summed E-state index contributed by atoms with van der Waals surface area (Å²) in [6.45, 7) is 3.44.